The molecule has 3 N–H and O–H groups in total. The zero-order valence-electron chi connectivity index (χ0n) is 29.3. The van der Waals surface area contributed by atoms with Crippen LogP contribution in [0.25, 0.3) is 32.9 Å². The first-order valence-corrected chi connectivity index (χ1v) is 17.9. The first-order valence-electron chi connectivity index (χ1n) is 17.9. The number of nitriles is 1. The van der Waals surface area contributed by atoms with Gasteiger partial charge in [-0.3, -0.25) is 9.80 Å². The largest absolute Gasteiger partial charge is 0.462 e. The summed E-state index contributed by atoms with van der Waals surface area (Å²) in [5, 5.41) is 10.8. The van der Waals surface area contributed by atoms with Crippen LogP contribution in [0.1, 0.15) is 64.9 Å². The van der Waals surface area contributed by atoms with Crippen molar-refractivity contribution in [3.05, 3.63) is 47.9 Å². The lowest BCUT2D eigenvalue weighted by Gasteiger charge is -2.42. The second kappa shape index (κ2) is 14.0. The molecule has 12 heteroatoms. The quantitative estimate of drug-likeness (QED) is 0.202. The van der Waals surface area contributed by atoms with Gasteiger partial charge < -0.3 is 25.1 Å². The van der Waals surface area contributed by atoms with Crippen molar-refractivity contribution >= 4 is 33.7 Å². The van der Waals surface area contributed by atoms with Gasteiger partial charge in [0.05, 0.1) is 18.2 Å². The van der Waals surface area contributed by atoms with Crippen LogP contribution in [0.4, 0.5) is 15.0 Å². The van der Waals surface area contributed by atoms with Crippen LogP contribution in [-0.4, -0.2) is 93.9 Å². The molecule has 264 valence electrons. The van der Waals surface area contributed by atoms with E-state index in [4.69, 9.17) is 25.2 Å². The Morgan fingerprint density at radius 2 is 1.92 bits per heavy atom. The summed E-state index contributed by atoms with van der Waals surface area (Å²) in [6, 6.07) is 12.1. The number of anilines is 1. The highest BCUT2D eigenvalue weighted by molar-refractivity contribution is 6.01. The molecule has 3 saturated heterocycles. The van der Waals surface area contributed by atoms with Crippen molar-refractivity contribution in [1.29, 1.82) is 5.26 Å². The van der Waals surface area contributed by atoms with Gasteiger partial charge in [-0.2, -0.15) is 15.2 Å². The number of benzene rings is 2. The van der Waals surface area contributed by atoms with Crippen LogP contribution in [-0.2, 0) is 11.2 Å². The SMILES string of the molecule is CC(C)(C)OC(=O)N1[C@@H]2CC[C@H]1CN(c1nc(OC[C@@H]3CCCN3CCCN)nc3c(F)c(-c4c[nH]c5cccc(CCC#N)c45)ccc13)C2. The van der Waals surface area contributed by atoms with E-state index in [1.54, 1.807) is 6.07 Å². The van der Waals surface area contributed by atoms with Gasteiger partial charge in [0.1, 0.15) is 23.5 Å². The van der Waals surface area contributed by atoms with E-state index < -0.39 is 11.4 Å². The topological polar surface area (TPSA) is 137 Å². The van der Waals surface area contributed by atoms with E-state index >= 15 is 4.39 Å². The first-order chi connectivity index (χ1) is 24.1. The highest BCUT2D eigenvalue weighted by Gasteiger charge is 2.45. The molecule has 2 aromatic carbocycles. The normalized spacial score (nSPS) is 20.9. The van der Waals surface area contributed by atoms with Crippen molar-refractivity contribution in [3.63, 3.8) is 0 Å². The van der Waals surface area contributed by atoms with Gasteiger partial charge in [-0.05, 0) is 96.6 Å². The molecule has 11 nitrogen and oxygen atoms in total. The number of amides is 1. The second-order valence-corrected chi connectivity index (χ2v) is 14.8. The third-order valence-electron chi connectivity index (χ3n) is 10.3. The zero-order valence-corrected chi connectivity index (χ0v) is 29.3. The molecule has 2 bridgehead atoms. The van der Waals surface area contributed by atoms with Crippen LogP contribution in [0, 0.1) is 17.1 Å². The third kappa shape index (κ3) is 6.68. The Kier molecular flexibility index (Phi) is 9.55. The average Bonchev–Trinajstić information content (AvgIpc) is 3.80. The van der Waals surface area contributed by atoms with Gasteiger partial charge >= 0.3 is 12.1 Å². The number of ether oxygens (including phenoxy) is 2. The molecule has 7 rings (SSSR count). The highest BCUT2D eigenvalue weighted by Crippen LogP contribution is 2.40. The van der Waals surface area contributed by atoms with Crippen LogP contribution in [0.3, 0.4) is 0 Å². The number of carbonyl (C=O) groups is 1. The highest BCUT2D eigenvalue weighted by atomic mass is 19.1. The molecule has 5 heterocycles. The molecule has 3 atom stereocenters. The second-order valence-electron chi connectivity index (χ2n) is 14.8. The molecule has 0 aliphatic carbocycles. The van der Waals surface area contributed by atoms with Gasteiger partial charge in [0.2, 0.25) is 0 Å². The minimum Gasteiger partial charge on any atom is -0.462 e. The summed E-state index contributed by atoms with van der Waals surface area (Å²) in [5.41, 5.74) is 8.42. The number of aromatic nitrogens is 3. The maximum atomic E-state index is 17.0. The maximum Gasteiger partial charge on any atom is 0.410 e. The molecule has 3 aliphatic heterocycles. The minimum atomic E-state index is -0.585. The van der Waals surface area contributed by atoms with E-state index in [1.807, 2.05) is 56.1 Å². The number of nitrogens with two attached hydrogens (primary N) is 1. The van der Waals surface area contributed by atoms with Crippen molar-refractivity contribution in [2.45, 2.75) is 89.4 Å². The molecule has 1 amide bonds. The number of aromatic amines is 1. The molecule has 2 aromatic heterocycles. The van der Waals surface area contributed by atoms with Gasteiger partial charge in [-0.15, -0.1) is 0 Å². The van der Waals surface area contributed by atoms with Crippen molar-refractivity contribution in [3.8, 4) is 23.2 Å². The fourth-order valence-corrected chi connectivity index (χ4v) is 8.04. The number of hydrogen-bond acceptors (Lipinski definition) is 9. The number of nitrogens with zero attached hydrogens (tertiary/aromatic N) is 6. The van der Waals surface area contributed by atoms with Crippen LogP contribution >= 0.6 is 0 Å². The molecule has 0 unspecified atom stereocenters. The number of rotatable bonds is 10. The number of likely N-dealkylation sites (tertiary alicyclic amines) is 1. The van der Waals surface area contributed by atoms with Crippen molar-refractivity contribution in [2.24, 2.45) is 5.73 Å². The molecule has 50 heavy (non-hydrogen) atoms. The number of fused-ring (bicyclic) bond motifs is 4. The van der Waals surface area contributed by atoms with E-state index in [-0.39, 0.29) is 35.7 Å². The summed E-state index contributed by atoms with van der Waals surface area (Å²) in [4.78, 5) is 32.6. The number of piperazine rings is 1. The fraction of sp³-hybridized carbons (Fsp3) is 0.526. The number of halogens is 1. The minimum absolute atomic E-state index is 0.0465. The number of nitrogens with one attached hydrogen (secondary N) is 1. The number of hydrogen-bond donors (Lipinski definition) is 2. The molecular weight excluding hydrogens is 635 g/mol. The van der Waals surface area contributed by atoms with Crippen molar-refractivity contribution in [1.82, 2.24) is 24.8 Å². The Bertz CT molecular complexity index is 1900. The summed E-state index contributed by atoms with van der Waals surface area (Å²) < 4.78 is 29.1. The Balaban J connectivity index is 1.26. The fourth-order valence-electron chi connectivity index (χ4n) is 8.04. The maximum absolute atomic E-state index is 17.0. The lowest BCUT2D eigenvalue weighted by molar-refractivity contribution is 0.0122. The zero-order chi connectivity index (χ0) is 35.0. The predicted octanol–water partition coefficient (Wildman–Crippen LogP) is 6.15. The number of aryl methyl sites for hydroxylation is 1. The van der Waals surface area contributed by atoms with E-state index in [0.717, 1.165) is 67.2 Å². The molecule has 3 fully saturated rings. The monoisotopic (exact) mass is 682 g/mol. The molecule has 0 spiro atoms. The number of H-pyrrole nitrogens is 1. The molecule has 4 aromatic rings. The summed E-state index contributed by atoms with van der Waals surface area (Å²) in [6.45, 7) is 9.70. The number of carbonyl (C=O) groups excluding carboxylic acids is 1. The van der Waals surface area contributed by atoms with Gasteiger partial charge in [-0.25, -0.2) is 9.18 Å². The van der Waals surface area contributed by atoms with Gasteiger partial charge in [0, 0.05) is 59.2 Å². The van der Waals surface area contributed by atoms with E-state index in [0.29, 0.717) is 55.9 Å². The van der Waals surface area contributed by atoms with Crippen LogP contribution in [0.2, 0.25) is 0 Å². The molecule has 0 radical (unpaired) electrons. The summed E-state index contributed by atoms with van der Waals surface area (Å²) in [7, 11) is 0. The third-order valence-corrected chi connectivity index (χ3v) is 10.3. The van der Waals surface area contributed by atoms with E-state index in [2.05, 4.69) is 20.9 Å². The summed E-state index contributed by atoms with van der Waals surface area (Å²) in [6.07, 6.45) is 7.22. The van der Waals surface area contributed by atoms with E-state index in [1.165, 1.54) is 0 Å². The van der Waals surface area contributed by atoms with E-state index in [9.17, 15) is 10.1 Å². The first kappa shape index (κ1) is 34.0. The smallest absolute Gasteiger partial charge is 0.410 e. The van der Waals surface area contributed by atoms with Gasteiger partial charge in [0.25, 0.3) is 0 Å². The van der Waals surface area contributed by atoms with Crippen molar-refractivity contribution in [2.75, 3.05) is 44.2 Å². The average molecular weight is 683 g/mol. The lowest BCUT2D eigenvalue weighted by atomic mass is 9.97. The molecule has 0 saturated carbocycles. The Morgan fingerprint density at radius 1 is 1.12 bits per heavy atom. The summed E-state index contributed by atoms with van der Waals surface area (Å²) >= 11 is 0. The Morgan fingerprint density at radius 3 is 2.66 bits per heavy atom. The molecular formula is C38H47FN8O3. The van der Waals surface area contributed by atoms with Gasteiger partial charge in [-0.1, -0.05) is 18.2 Å². The van der Waals surface area contributed by atoms with Crippen LogP contribution in [0.5, 0.6) is 6.01 Å². The summed E-state index contributed by atoms with van der Waals surface area (Å²) in [5.74, 6) is 0.157. The predicted molar refractivity (Wildman–Crippen MR) is 192 cm³/mol. The Labute approximate surface area is 292 Å². The van der Waals surface area contributed by atoms with Crippen LogP contribution < -0.4 is 15.4 Å². The van der Waals surface area contributed by atoms with Crippen molar-refractivity contribution < 1.29 is 18.7 Å². The lowest BCUT2D eigenvalue weighted by Crippen LogP contribution is -2.57. The van der Waals surface area contributed by atoms with Gasteiger partial charge in [0.15, 0.2) is 5.82 Å². The standard InChI is InChI=1S/C38H47FN8O3/c1-38(2,3)50-37(48)47-25-12-13-26(47)22-46(21-25)35-29-15-14-28(30-20-42-31-11-4-8-24(32(30)31)9-5-16-40)33(39)34(29)43-36(44-35)49-23-27-10-6-18-45(27)19-7-17-41/h4,8,11,14-15,20,25-27,42H,5-7,9-10,12-13,17-19,21-23,41H2,1-3H3/t25-,26+,27-/m0/s1. The van der Waals surface area contributed by atoms with Crippen LogP contribution in [0.15, 0.2) is 36.5 Å². The molecule has 3 aliphatic rings. The Hall–Kier alpha value is -4.47.